The van der Waals surface area contributed by atoms with Crippen LogP contribution < -0.4 is 23.7 Å². The Kier molecular flexibility index (Phi) is 7.04. The summed E-state index contributed by atoms with van der Waals surface area (Å²) in [7, 11) is 2.18. The molecule has 1 saturated carbocycles. The van der Waals surface area contributed by atoms with Gasteiger partial charge in [-0.1, -0.05) is 30.3 Å². The number of hydrogen-bond acceptors (Lipinski definition) is 9. The van der Waals surface area contributed by atoms with E-state index in [1.54, 1.807) is 43.5 Å². The average molecular weight is 552 g/mol. The lowest BCUT2D eigenvalue weighted by atomic mass is 10.1. The van der Waals surface area contributed by atoms with Crippen LogP contribution in [0.2, 0.25) is 0 Å². The molecule has 11 nitrogen and oxygen atoms in total. The quantitative estimate of drug-likeness (QED) is 0.295. The molecule has 4 aromatic rings. The van der Waals surface area contributed by atoms with E-state index in [0.717, 1.165) is 5.56 Å². The number of rotatable bonds is 11. The zero-order chi connectivity index (χ0) is 27.6. The van der Waals surface area contributed by atoms with Crippen LogP contribution in [0.1, 0.15) is 18.4 Å². The van der Waals surface area contributed by atoms with Crippen LogP contribution in [0.25, 0.3) is 17.2 Å². The fraction of sp³-hybridized carbons (Fsp3) is 0.296. The van der Waals surface area contributed by atoms with E-state index in [0.29, 0.717) is 53.8 Å². The van der Waals surface area contributed by atoms with E-state index in [-0.39, 0.29) is 11.8 Å². The van der Waals surface area contributed by atoms with Crippen LogP contribution in [0.15, 0.2) is 60.7 Å². The molecule has 1 fully saturated rings. The van der Waals surface area contributed by atoms with Crippen molar-refractivity contribution in [1.82, 2.24) is 19.7 Å². The van der Waals surface area contributed by atoms with Gasteiger partial charge in [0.25, 0.3) is 0 Å². The monoisotopic (exact) mass is 551 g/mol. The Bertz CT molecular complexity index is 1580. The molecule has 204 valence electrons. The van der Waals surface area contributed by atoms with Gasteiger partial charge in [-0.15, -0.1) is 10.2 Å². The summed E-state index contributed by atoms with van der Waals surface area (Å²) in [5, 5.41) is 8.57. The number of methoxy groups -OCH3 is 4. The Labute approximate surface area is 226 Å². The van der Waals surface area contributed by atoms with Gasteiger partial charge in [0.2, 0.25) is 21.9 Å². The van der Waals surface area contributed by atoms with E-state index in [9.17, 15) is 8.42 Å². The SMILES string of the molecule is COc1cccc(-c2nnc(NS(=O)(=O)C3(Cc4ccccc4OC)CC3)n2-c2c(OC)cccc2OC)n1. The first-order chi connectivity index (χ1) is 18.9. The predicted molar refractivity (Wildman–Crippen MR) is 145 cm³/mol. The number of benzene rings is 2. The lowest BCUT2D eigenvalue weighted by Crippen LogP contribution is -2.33. The van der Waals surface area contributed by atoms with Crippen LogP contribution in [-0.4, -0.2) is 61.4 Å². The number of nitrogens with one attached hydrogen (secondary N) is 1. The van der Waals surface area contributed by atoms with Gasteiger partial charge in [0.1, 0.15) is 28.6 Å². The Morgan fingerprint density at radius 3 is 2.10 bits per heavy atom. The molecule has 0 atom stereocenters. The first kappa shape index (κ1) is 26.3. The number of anilines is 1. The van der Waals surface area contributed by atoms with Gasteiger partial charge in [-0.2, -0.15) is 0 Å². The molecule has 0 aliphatic heterocycles. The van der Waals surface area contributed by atoms with E-state index in [1.807, 2.05) is 24.3 Å². The van der Waals surface area contributed by atoms with Gasteiger partial charge in [0.15, 0.2) is 5.82 Å². The Morgan fingerprint density at radius 2 is 1.46 bits per heavy atom. The molecule has 5 rings (SSSR count). The second-order valence-electron chi connectivity index (χ2n) is 9.04. The van der Waals surface area contributed by atoms with E-state index >= 15 is 0 Å². The van der Waals surface area contributed by atoms with Crippen molar-refractivity contribution in [2.45, 2.75) is 24.0 Å². The fourth-order valence-electron chi connectivity index (χ4n) is 4.54. The highest BCUT2D eigenvalue weighted by Crippen LogP contribution is 2.48. The summed E-state index contributed by atoms with van der Waals surface area (Å²) in [4.78, 5) is 4.49. The van der Waals surface area contributed by atoms with Gasteiger partial charge < -0.3 is 18.9 Å². The Balaban J connectivity index is 1.62. The van der Waals surface area contributed by atoms with Gasteiger partial charge in [-0.3, -0.25) is 9.29 Å². The van der Waals surface area contributed by atoms with Crippen molar-refractivity contribution in [2.24, 2.45) is 0 Å². The van der Waals surface area contributed by atoms with Crippen LogP contribution in [-0.2, 0) is 16.4 Å². The lowest BCUT2D eigenvalue weighted by Gasteiger charge is -2.21. The van der Waals surface area contributed by atoms with Crippen molar-refractivity contribution in [3.05, 3.63) is 66.2 Å². The van der Waals surface area contributed by atoms with E-state index in [1.165, 1.54) is 25.9 Å². The highest BCUT2D eigenvalue weighted by Gasteiger charge is 2.55. The second-order valence-corrected chi connectivity index (χ2v) is 11.1. The number of nitrogens with zero attached hydrogens (tertiary/aromatic N) is 4. The summed E-state index contributed by atoms with van der Waals surface area (Å²) in [6, 6.07) is 17.9. The van der Waals surface area contributed by atoms with Gasteiger partial charge >= 0.3 is 0 Å². The minimum absolute atomic E-state index is 0.0243. The summed E-state index contributed by atoms with van der Waals surface area (Å²) >= 11 is 0. The number of para-hydroxylation sites is 2. The Hall–Kier alpha value is -4.32. The van der Waals surface area contributed by atoms with Gasteiger partial charge in [0.05, 0.1) is 33.2 Å². The normalized spacial score (nSPS) is 13.9. The number of sulfonamides is 1. The molecule has 39 heavy (non-hydrogen) atoms. The molecule has 1 aliphatic carbocycles. The molecule has 0 unspecified atom stereocenters. The summed E-state index contributed by atoms with van der Waals surface area (Å²) < 4.78 is 53.0. The second kappa shape index (κ2) is 10.4. The van der Waals surface area contributed by atoms with Gasteiger partial charge in [-0.25, -0.2) is 13.4 Å². The van der Waals surface area contributed by atoms with Crippen molar-refractivity contribution < 1.29 is 27.4 Å². The summed E-state index contributed by atoms with van der Waals surface area (Å²) in [5.74, 6) is 2.10. The standard InChI is InChI=1S/C27H29N5O6S/c1-35-20-11-6-5-9-18(20)17-27(15-16-27)39(33,34)31-26-30-29-25(19-10-7-14-23(28-19)38-4)32(26)24-21(36-2)12-8-13-22(24)37-3/h5-14H,15-17H2,1-4H3,(H,30,31). The molecule has 2 aromatic carbocycles. The van der Waals surface area contributed by atoms with Crippen LogP contribution in [0.3, 0.4) is 0 Å². The maximum Gasteiger partial charge on any atom is 0.243 e. The average Bonchev–Trinajstić information content (AvgIpc) is 3.65. The van der Waals surface area contributed by atoms with E-state index in [4.69, 9.17) is 18.9 Å². The Morgan fingerprint density at radius 1 is 0.821 bits per heavy atom. The van der Waals surface area contributed by atoms with Crippen molar-refractivity contribution in [1.29, 1.82) is 0 Å². The third-order valence-corrected chi connectivity index (χ3v) is 8.90. The van der Waals surface area contributed by atoms with E-state index < -0.39 is 14.8 Å². The molecular weight excluding hydrogens is 522 g/mol. The molecule has 0 radical (unpaired) electrons. The van der Waals surface area contributed by atoms with Crippen molar-refractivity contribution in [3.8, 4) is 40.3 Å². The summed E-state index contributed by atoms with van der Waals surface area (Å²) in [5.41, 5.74) is 1.65. The first-order valence-electron chi connectivity index (χ1n) is 12.2. The van der Waals surface area contributed by atoms with Crippen LogP contribution in [0, 0.1) is 0 Å². The van der Waals surface area contributed by atoms with Crippen molar-refractivity contribution in [3.63, 3.8) is 0 Å². The fourth-order valence-corrected chi connectivity index (χ4v) is 6.11. The molecule has 0 amide bonds. The zero-order valence-corrected chi connectivity index (χ0v) is 22.9. The zero-order valence-electron chi connectivity index (χ0n) is 22.0. The third kappa shape index (κ3) is 4.83. The number of ether oxygens (including phenoxy) is 4. The molecule has 0 bridgehead atoms. The van der Waals surface area contributed by atoms with Crippen LogP contribution in [0.4, 0.5) is 5.95 Å². The number of pyridine rings is 1. The minimum Gasteiger partial charge on any atom is -0.496 e. The van der Waals surface area contributed by atoms with E-state index in [2.05, 4.69) is 19.9 Å². The maximum atomic E-state index is 13.9. The van der Waals surface area contributed by atoms with Gasteiger partial charge in [0, 0.05) is 6.07 Å². The summed E-state index contributed by atoms with van der Waals surface area (Å²) in [6.45, 7) is 0. The largest absolute Gasteiger partial charge is 0.496 e. The predicted octanol–water partition coefficient (Wildman–Crippen LogP) is 3.88. The molecular formula is C27H29N5O6S. The molecule has 2 aromatic heterocycles. The maximum absolute atomic E-state index is 13.9. The van der Waals surface area contributed by atoms with Gasteiger partial charge in [-0.05, 0) is 49.1 Å². The van der Waals surface area contributed by atoms with Crippen molar-refractivity contribution >= 4 is 16.0 Å². The summed E-state index contributed by atoms with van der Waals surface area (Å²) in [6.07, 6.45) is 1.29. The highest BCUT2D eigenvalue weighted by atomic mass is 32.2. The number of aromatic nitrogens is 4. The topological polar surface area (TPSA) is 127 Å². The minimum atomic E-state index is -3.93. The van der Waals surface area contributed by atoms with Crippen molar-refractivity contribution in [2.75, 3.05) is 33.2 Å². The molecule has 0 saturated heterocycles. The third-order valence-electron chi connectivity index (χ3n) is 6.76. The highest BCUT2D eigenvalue weighted by molar-refractivity contribution is 7.94. The molecule has 1 aliphatic rings. The number of hydrogen-bond donors (Lipinski definition) is 1. The molecule has 2 heterocycles. The first-order valence-corrected chi connectivity index (χ1v) is 13.7. The molecule has 1 N–H and O–H groups in total. The van der Waals surface area contributed by atoms with Crippen LogP contribution in [0.5, 0.6) is 23.1 Å². The smallest absolute Gasteiger partial charge is 0.243 e. The molecule has 12 heteroatoms. The lowest BCUT2D eigenvalue weighted by molar-refractivity contribution is 0.391. The van der Waals surface area contributed by atoms with Crippen LogP contribution >= 0.6 is 0 Å². The molecule has 0 spiro atoms.